The lowest BCUT2D eigenvalue weighted by atomic mass is 10.2. The monoisotopic (exact) mass is 249 g/mol. The maximum atomic E-state index is 11.6. The van der Waals surface area contributed by atoms with E-state index in [-0.39, 0.29) is 24.9 Å². The molecule has 0 spiro atoms. The number of carbonyl (C=O) groups is 2. The number of carbonyl (C=O) groups excluding carboxylic acids is 2. The second kappa shape index (κ2) is 6.76. The molecule has 1 aromatic carbocycles. The van der Waals surface area contributed by atoms with Crippen LogP contribution >= 0.6 is 0 Å². The van der Waals surface area contributed by atoms with Crippen molar-refractivity contribution in [1.29, 1.82) is 0 Å². The van der Waals surface area contributed by atoms with Crippen LogP contribution < -0.4 is 10.6 Å². The van der Waals surface area contributed by atoms with Gasteiger partial charge in [0.15, 0.2) is 0 Å². The summed E-state index contributed by atoms with van der Waals surface area (Å²) in [5.41, 5.74) is 1.85. The van der Waals surface area contributed by atoms with Crippen molar-refractivity contribution in [2.75, 3.05) is 32.5 Å². The van der Waals surface area contributed by atoms with Crippen molar-refractivity contribution >= 4 is 17.5 Å². The summed E-state index contributed by atoms with van der Waals surface area (Å²) in [5, 5.41) is 5.56. The van der Waals surface area contributed by atoms with Crippen molar-refractivity contribution in [1.82, 2.24) is 10.2 Å². The standard InChI is InChI=1S/C13H19N3O2/c1-10-5-4-6-11(7-10)15-12(17)8-14-9-13(18)16(2)3/h4-7,14H,8-9H2,1-3H3,(H,15,17). The molecule has 1 rings (SSSR count). The quantitative estimate of drug-likeness (QED) is 0.804. The van der Waals surface area contributed by atoms with Crippen LogP contribution in [0.25, 0.3) is 0 Å². The molecular formula is C13H19N3O2. The molecule has 0 saturated carbocycles. The topological polar surface area (TPSA) is 61.4 Å². The number of aryl methyl sites for hydroxylation is 1. The Morgan fingerprint density at radius 1 is 1.22 bits per heavy atom. The zero-order valence-corrected chi connectivity index (χ0v) is 11.0. The lowest BCUT2D eigenvalue weighted by Gasteiger charge is -2.11. The van der Waals surface area contributed by atoms with Crippen LogP contribution in [0.15, 0.2) is 24.3 Å². The van der Waals surface area contributed by atoms with E-state index in [9.17, 15) is 9.59 Å². The van der Waals surface area contributed by atoms with Gasteiger partial charge < -0.3 is 10.2 Å². The van der Waals surface area contributed by atoms with Crippen LogP contribution in [-0.4, -0.2) is 43.9 Å². The van der Waals surface area contributed by atoms with E-state index in [1.54, 1.807) is 14.1 Å². The van der Waals surface area contributed by atoms with Gasteiger partial charge >= 0.3 is 0 Å². The maximum Gasteiger partial charge on any atom is 0.238 e. The highest BCUT2D eigenvalue weighted by molar-refractivity contribution is 5.92. The molecule has 1 aromatic rings. The van der Waals surface area contributed by atoms with E-state index in [0.29, 0.717) is 0 Å². The van der Waals surface area contributed by atoms with Crippen molar-refractivity contribution in [2.45, 2.75) is 6.92 Å². The zero-order valence-electron chi connectivity index (χ0n) is 11.0. The number of rotatable bonds is 5. The Labute approximate surface area is 107 Å². The summed E-state index contributed by atoms with van der Waals surface area (Å²) in [6, 6.07) is 7.57. The minimum Gasteiger partial charge on any atom is -0.348 e. The summed E-state index contributed by atoms with van der Waals surface area (Å²) < 4.78 is 0. The lowest BCUT2D eigenvalue weighted by Crippen LogP contribution is -2.37. The Bertz CT molecular complexity index is 430. The summed E-state index contributed by atoms with van der Waals surface area (Å²) in [6.45, 7) is 2.24. The Kier molecular flexibility index (Phi) is 5.32. The molecule has 0 aliphatic carbocycles. The van der Waals surface area contributed by atoms with Gasteiger partial charge in [0.1, 0.15) is 0 Å². The zero-order chi connectivity index (χ0) is 13.5. The molecule has 0 aliphatic rings. The normalized spacial score (nSPS) is 9.94. The highest BCUT2D eigenvalue weighted by atomic mass is 16.2. The summed E-state index contributed by atoms with van der Waals surface area (Å²) in [4.78, 5) is 24.3. The average Bonchev–Trinajstić information content (AvgIpc) is 2.28. The van der Waals surface area contributed by atoms with Crippen LogP contribution in [0.5, 0.6) is 0 Å². The first-order valence-corrected chi connectivity index (χ1v) is 5.76. The van der Waals surface area contributed by atoms with Crippen LogP contribution in [0.1, 0.15) is 5.56 Å². The maximum absolute atomic E-state index is 11.6. The highest BCUT2D eigenvalue weighted by Gasteiger charge is 2.05. The number of nitrogens with zero attached hydrogens (tertiary/aromatic N) is 1. The van der Waals surface area contributed by atoms with E-state index in [0.717, 1.165) is 11.3 Å². The molecule has 5 nitrogen and oxygen atoms in total. The molecular weight excluding hydrogens is 230 g/mol. The molecule has 2 amide bonds. The van der Waals surface area contributed by atoms with E-state index in [4.69, 9.17) is 0 Å². The van der Waals surface area contributed by atoms with Gasteiger partial charge in [-0.25, -0.2) is 0 Å². The summed E-state index contributed by atoms with van der Waals surface area (Å²) in [7, 11) is 3.35. The number of hydrogen-bond acceptors (Lipinski definition) is 3. The largest absolute Gasteiger partial charge is 0.348 e. The van der Waals surface area contributed by atoms with Crippen LogP contribution in [0.2, 0.25) is 0 Å². The van der Waals surface area contributed by atoms with Crippen LogP contribution in [0.3, 0.4) is 0 Å². The summed E-state index contributed by atoms with van der Waals surface area (Å²) >= 11 is 0. The van der Waals surface area contributed by atoms with E-state index >= 15 is 0 Å². The van der Waals surface area contributed by atoms with E-state index < -0.39 is 0 Å². The highest BCUT2D eigenvalue weighted by Crippen LogP contribution is 2.08. The van der Waals surface area contributed by atoms with Gasteiger partial charge in [-0.05, 0) is 24.6 Å². The van der Waals surface area contributed by atoms with Crippen LogP contribution in [0.4, 0.5) is 5.69 Å². The van der Waals surface area contributed by atoms with Gasteiger partial charge in [-0.3, -0.25) is 14.9 Å². The second-order valence-corrected chi connectivity index (χ2v) is 4.31. The molecule has 2 N–H and O–H groups in total. The molecule has 0 radical (unpaired) electrons. The lowest BCUT2D eigenvalue weighted by molar-refractivity contribution is -0.127. The van der Waals surface area contributed by atoms with E-state index in [1.807, 2.05) is 31.2 Å². The number of likely N-dealkylation sites (N-methyl/N-ethyl adjacent to an activating group) is 1. The molecule has 18 heavy (non-hydrogen) atoms. The predicted molar refractivity (Wildman–Crippen MR) is 71.4 cm³/mol. The molecule has 0 unspecified atom stereocenters. The minimum atomic E-state index is -0.160. The molecule has 0 bridgehead atoms. The molecule has 0 saturated heterocycles. The summed E-state index contributed by atoms with van der Waals surface area (Å²) in [6.07, 6.45) is 0. The van der Waals surface area contributed by atoms with Gasteiger partial charge in [-0.15, -0.1) is 0 Å². The van der Waals surface area contributed by atoms with Crippen molar-refractivity contribution in [3.05, 3.63) is 29.8 Å². The first kappa shape index (κ1) is 14.2. The molecule has 98 valence electrons. The SMILES string of the molecule is Cc1cccc(NC(=O)CNCC(=O)N(C)C)c1. The van der Waals surface area contributed by atoms with Crippen molar-refractivity contribution in [3.8, 4) is 0 Å². The fraction of sp³-hybridized carbons (Fsp3) is 0.385. The average molecular weight is 249 g/mol. The van der Waals surface area contributed by atoms with Gasteiger partial charge in [0.05, 0.1) is 13.1 Å². The molecule has 0 aliphatic heterocycles. The Balaban J connectivity index is 2.32. The third-order valence-electron chi connectivity index (χ3n) is 2.36. The van der Waals surface area contributed by atoms with Gasteiger partial charge in [-0.2, -0.15) is 0 Å². The van der Waals surface area contributed by atoms with Gasteiger partial charge in [0.2, 0.25) is 11.8 Å². The van der Waals surface area contributed by atoms with Crippen LogP contribution in [0, 0.1) is 6.92 Å². The molecule has 5 heteroatoms. The Morgan fingerprint density at radius 2 is 1.94 bits per heavy atom. The predicted octanol–water partition coefficient (Wildman–Crippen LogP) is 0.611. The smallest absolute Gasteiger partial charge is 0.238 e. The van der Waals surface area contributed by atoms with Gasteiger partial charge in [0, 0.05) is 19.8 Å². The number of hydrogen-bond donors (Lipinski definition) is 2. The first-order valence-electron chi connectivity index (χ1n) is 5.76. The Hall–Kier alpha value is -1.88. The molecule has 0 fully saturated rings. The van der Waals surface area contributed by atoms with Crippen LogP contribution in [-0.2, 0) is 9.59 Å². The van der Waals surface area contributed by atoms with E-state index in [1.165, 1.54) is 4.90 Å². The third-order valence-corrected chi connectivity index (χ3v) is 2.36. The molecule has 0 aromatic heterocycles. The van der Waals surface area contributed by atoms with Crippen molar-refractivity contribution in [3.63, 3.8) is 0 Å². The molecule has 0 heterocycles. The van der Waals surface area contributed by atoms with Gasteiger partial charge in [-0.1, -0.05) is 12.1 Å². The van der Waals surface area contributed by atoms with Crippen molar-refractivity contribution in [2.24, 2.45) is 0 Å². The summed E-state index contributed by atoms with van der Waals surface area (Å²) in [5.74, 6) is -0.217. The fourth-order valence-electron chi connectivity index (χ4n) is 1.37. The Morgan fingerprint density at radius 3 is 2.56 bits per heavy atom. The minimum absolute atomic E-state index is 0.0571. The second-order valence-electron chi connectivity index (χ2n) is 4.31. The number of anilines is 1. The van der Waals surface area contributed by atoms with Crippen molar-refractivity contribution < 1.29 is 9.59 Å². The number of benzene rings is 1. The van der Waals surface area contributed by atoms with E-state index in [2.05, 4.69) is 10.6 Å². The fourth-order valence-corrected chi connectivity index (χ4v) is 1.37. The molecule has 0 atom stereocenters. The number of nitrogens with one attached hydrogen (secondary N) is 2. The first-order chi connectivity index (χ1) is 8.49. The number of amides is 2. The van der Waals surface area contributed by atoms with Gasteiger partial charge in [0.25, 0.3) is 0 Å². The third kappa shape index (κ3) is 4.97.